The minimum Gasteiger partial charge on any atom is -0.495 e. The second-order valence-electron chi connectivity index (χ2n) is 9.46. The normalized spacial score (nSPS) is 21.0. The minimum atomic E-state index is -3.86. The molecule has 0 spiro atoms. The molecule has 0 saturated carbocycles. The highest BCUT2D eigenvalue weighted by Gasteiger charge is 2.36. The molecule has 2 unspecified atom stereocenters. The van der Waals surface area contributed by atoms with Gasteiger partial charge in [-0.1, -0.05) is 30.4 Å². The lowest BCUT2D eigenvalue weighted by atomic mass is 9.83. The van der Waals surface area contributed by atoms with Crippen LogP contribution >= 0.6 is 0 Å². The molecule has 0 amide bonds. The van der Waals surface area contributed by atoms with E-state index in [1.807, 2.05) is 38.4 Å². The molecule has 0 fully saturated rings. The summed E-state index contributed by atoms with van der Waals surface area (Å²) in [4.78, 5) is 4.48. The van der Waals surface area contributed by atoms with Gasteiger partial charge in [-0.15, -0.1) is 0 Å². The molecule has 2 aromatic carbocycles. The van der Waals surface area contributed by atoms with E-state index in [9.17, 15) is 8.42 Å². The average Bonchev–Trinajstić information content (AvgIpc) is 2.87. The van der Waals surface area contributed by atoms with E-state index in [1.165, 1.54) is 11.1 Å². The van der Waals surface area contributed by atoms with Crippen molar-refractivity contribution in [1.29, 1.82) is 0 Å². The van der Waals surface area contributed by atoms with Gasteiger partial charge in [-0.05, 0) is 54.2 Å². The first-order valence-electron chi connectivity index (χ1n) is 11.9. The van der Waals surface area contributed by atoms with Crippen molar-refractivity contribution < 1.29 is 22.1 Å². The third-order valence-electron chi connectivity index (χ3n) is 7.22. The molecule has 3 aliphatic rings. The Bertz CT molecular complexity index is 1300. The van der Waals surface area contributed by atoms with Crippen LogP contribution in [0.25, 0.3) is 0 Å². The van der Waals surface area contributed by atoms with Crippen molar-refractivity contribution in [3.8, 4) is 17.2 Å². The number of benzene rings is 2. The number of allylic oxidation sites excluding steroid dienone is 3. The molecule has 8 heteroatoms. The molecule has 2 aromatic rings. The number of nitrogens with zero attached hydrogens (tertiary/aromatic N) is 2. The summed E-state index contributed by atoms with van der Waals surface area (Å²) in [5, 5.41) is -0.704. The minimum absolute atomic E-state index is 0.195. The van der Waals surface area contributed by atoms with Gasteiger partial charge in [0.1, 0.15) is 11.0 Å². The van der Waals surface area contributed by atoms with Crippen LogP contribution in [-0.2, 0) is 29.5 Å². The van der Waals surface area contributed by atoms with Crippen LogP contribution < -0.4 is 18.6 Å². The summed E-state index contributed by atoms with van der Waals surface area (Å²) in [6, 6.07) is 8.45. The van der Waals surface area contributed by atoms with Gasteiger partial charge in [0.05, 0.1) is 19.9 Å². The third kappa shape index (κ3) is 4.29. The zero-order valence-corrected chi connectivity index (χ0v) is 21.5. The standard InChI is InChI=1S/C27H32N2O5S/c1-28(2)24-15-19-12-13-29-17-22-18(14-23(29)21(19)16-26(24)33-4)10-11-25(32-3)27(22)34-35(30,31)20-8-6-5-7-9-20/h5-8,10-11,15-16,20,23H,9,12-14,17H2,1-4H3. The second kappa shape index (κ2) is 9.24. The van der Waals surface area contributed by atoms with Crippen molar-refractivity contribution in [3.63, 3.8) is 0 Å². The van der Waals surface area contributed by atoms with Crippen molar-refractivity contribution in [3.05, 3.63) is 70.8 Å². The fraction of sp³-hybridized carbons (Fsp3) is 0.407. The molecule has 2 heterocycles. The highest BCUT2D eigenvalue weighted by Crippen LogP contribution is 2.46. The molecule has 2 atom stereocenters. The molecule has 5 rings (SSSR count). The van der Waals surface area contributed by atoms with E-state index >= 15 is 0 Å². The topological polar surface area (TPSA) is 68.3 Å². The largest absolute Gasteiger partial charge is 0.495 e. The number of hydrogen-bond donors (Lipinski definition) is 0. The lowest BCUT2D eigenvalue weighted by Gasteiger charge is -2.42. The Labute approximate surface area is 207 Å². The lowest BCUT2D eigenvalue weighted by molar-refractivity contribution is 0.159. The Balaban J connectivity index is 1.52. The fourth-order valence-electron chi connectivity index (χ4n) is 5.34. The van der Waals surface area contributed by atoms with Crippen molar-refractivity contribution in [2.24, 2.45) is 0 Å². The number of methoxy groups -OCH3 is 2. The van der Waals surface area contributed by atoms with E-state index in [4.69, 9.17) is 13.7 Å². The summed E-state index contributed by atoms with van der Waals surface area (Å²) in [6.45, 7) is 1.48. The second-order valence-corrected chi connectivity index (χ2v) is 11.2. The maximum Gasteiger partial charge on any atom is 0.316 e. The van der Waals surface area contributed by atoms with Crippen molar-refractivity contribution in [2.45, 2.75) is 37.1 Å². The Morgan fingerprint density at radius 1 is 1.03 bits per heavy atom. The van der Waals surface area contributed by atoms with Gasteiger partial charge in [0.15, 0.2) is 11.5 Å². The Hall–Kier alpha value is -2.97. The van der Waals surface area contributed by atoms with Crippen LogP contribution in [0, 0.1) is 0 Å². The van der Waals surface area contributed by atoms with Gasteiger partial charge >= 0.3 is 10.1 Å². The number of ether oxygens (including phenoxy) is 2. The summed E-state index contributed by atoms with van der Waals surface area (Å²) in [5.74, 6) is 1.62. The summed E-state index contributed by atoms with van der Waals surface area (Å²) in [5.41, 5.74) is 5.66. The smallest absolute Gasteiger partial charge is 0.316 e. The summed E-state index contributed by atoms with van der Waals surface area (Å²) < 4.78 is 43.3. The van der Waals surface area contributed by atoms with Gasteiger partial charge in [0.2, 0.25) is 0 Å². The van der Waals surface area contributed by atoms with Crippen LogP contribution in [0.1, 0.15) is 34.7 Å². The quantitative estimate of drug-likeness (QED) is 0.560. The predicted molar refractivity (Wildman–Crippen MR) is 137 cm³/mol. The molecular weight excluding hydrogens is 464 g/mol. The first kappa shape index (κ1) is 23.8. The van der Waals surface area contributed by atoms with Gasteiger partial charge in [-0.2, -0.15) is 8.42 Å². The van der Waals surface area contributed by atoms with Gasteiger partial charge in [0.25, 0.3) is 0 Å². The van der Waals surface area contributed by atoms with Crippen LogP contribution in [0.5, 0.6) is 17.2 Å². The van der Waals surface area contributed by atoms with Crippen LogP contribution in [0.4, 0.5) is 5.69 Å². The molecule has 0 saturated heterocycles. The molecule has 0 aromatic heterocycles. The SMILES string of the molecule is COc1cc2c(cc1N(C)C)CCN1Cc3c(ccc(OC)c3OS(=O)(=O)C3C=CC=CC3)CC21. The number of fused-ring (bicyclic) bond motifs is 4. The first-order chi connectivity index (χ1) is 16.8. The molecule has 2 aliphatic heterocycles. The van der Waals surface area contributed by atoms with Gasteiger partial charge in [0, 0.05) is 38.8 Å². The lowest BCUT2D eigenvalue weighted by Crippen LogP contribution is -2.40. The van der Waals surface area contributed by atoms with E-state index in [1.54, 1.807) is 26.4 Å². The first-order valence-corrected chi connectivity index (χ1v) is 13.4. The zero-order valence-electron chi connectivity index (χ0n) is 20.7. The summed E-state index contributed by atoms with van der Waals surface area (Å²) in [6.07, 6.45) is 9.19. The molecule has 35 heavy (non-hydrogen) atoms. The van der Waals surface area contributed by atoms with E-state index in [0.717, 1.165) is 42.0 Å². The van der Waals surface area contributed by atoms with Crippen LogP contribution in [0.3, 0.4) is 0 Å². The van der Waals surface area contributed by atoms with Crippen molar-refractivity contribution in [1.82, 2.24) is 4.90 Å². The van der Waals surface area contributed by atoms with E-state index in [0.29, 0.717) is 24.5 Å². The maximum atomic E-state index is 13.1. The third-order valence-corrected chi connectivity index (χ3v) is 8.71. The molecule has 0 bridgehead atoms. The van der Waals surface area contributed by atoms with Crippen LogP contribution in [-0.4, -0.2) is 53.4 Å². The highest BCUT2D eigenvalue weighted by molar-refractivity contribution is 7.87. The molecular formula is C27H32N2O5S. The molecule has 7 nitrogen and oxygen atoms in total. The van der Waals surface area contributed by atoms with Crippen LogP contribution in [0.15, 0.2) is 48.6 Å². The predicted octanol–water partition coefficient (Wildman–Crippen LogP) is 4.02. The van der Waals surface area contributed by atoms with E-state index < -0.39 is 15.4 Å². The van der Waals surface area contributed by atoms with Gasteiger partial charge in [-0.3, -0.25) is 4.90 Å². The van der Waals surface area contributed by atoms with Crippen molar-refractivity contribution in [2.75, 3.05) is 39.8 Å². The molecule has 186 valence electrons. The highest BCUT2D eigenvalue weighted by atomic mass is 32.2. The summed E-state index contributed by atoms with van der Waals surface area (Å²) >= 11 is 0. The Morgan fingerprint density at radius 2 is 1.83 bits per heavy atom. The van der Waals surface area contributed by atoms with E-state index in [-0.39, 0.29) is 6.04 Å². The molecule has 0 radical (unpaired) electrons. The number of anilines is 1. The van der Waals surface area contributed by atoms with Gasteiger partial charge in [-0.25, -0.2) is 0 Å². The van der Waals surface area contributed by atoms with E-state index in [2.05, 4.69) is 21.9 Å². The Kier molecular flexibility index (Phi) is 6.27. The molecule has 0 N–H and O–H groups in total. The number of hydrogen-bond acceptors (Lipinski definition) is 7. The maximum absolute atomic E-state index is 13.1. The van der Waals surface area contributed by atoms with Gasteiger partial charge < -0.3 is 18.6 Å². The van der Waals surface area contributed by atoms with Crippen molar-refractivity contribution >= 4 is 15.8 Å². The number of rotatable bonds is 6. The Morgan fingerprint density at radius 3 is 2.51 bits per heavy atom. The average molecular weight is 497 g/mol. The molecule has 1 aliphatic carbocycles. The summed E-state index contributed by atoms with van der Waals surface area (Å²) in [7, 11) is 3.44. The zero-order chi connectivity index (χ0) is 24.7. The van der Waals surface area contributed by atoms with Crippen LogP contribution in [0.2, 0.25) is 0 Å². The monoisotopic (exact) mass is 496 g/mol. The fourth-order valence-corrected chi connectivity index (χ4v) is 6.51.